The fourth-order valence-electron chi connectivity index (χ4n) is 4.80. The number of benzene rings is 2. The average Bonchev–Trinajstić information content (AvgIpc) is 2.61. The number of aromatic carboxylic acids is 1. The Labute approximate surface area is 149 Å². The van der Waals surface area contributed by atoms with Crippen LogP contribution in [0.1, 0.15) is 59.7 Å². The number of carbonyl (C=O) groups is 1. The fraction of sp³-hybridized carbons (Fsp3) is 0.409. The summed E-state index contributed by atoms with van der Waals surface area (Å²) in [6, 6.07) is 11.8. The van der Waals surface area contributed by atoms with Gasteiger partial charge in [-0.1, -0.05) is 6.92 Å². The van der Waals surface area contributed by atoms with Gasteiger partial charge in [-0.05, 0) is 97.0 Å². The van der Waals surface area contributed by atoms with Crippen LogP contribution in [-0.4, -0.2) is 18.1 Å². The molecule has 0 aliphatic heterocycles. The van der Waals surface area contributed by atoms with Crippen LogP contribution < -0.4 is 4.90 Å². The molecule has 3 heteroatoms. The van der Waals surface area contributed by atoms with Crippen LogP contribution in [0.5, 0.6) is 0 Å². The van der Waals surface area contributed by atoms with Crippen LogP contribution in [0.25, 0.3) is 0 Å². The monoisotopic (exact) mass is 335 g/mol. The Hall–Kier alpha value is -2.29. The van der Waals surface area contributed by atoms with E-state index in [1.807, 2.05) is 12.1 Å². The van der Waals surface area contributed by atoms with E-state index in [-0.39, 0.29) is 0 Å². The van der Waals surface area contributed by atoms with Crippen LogP contribution in [0.15, 0.2) is 36.4 Å². The highest BCUT2D eigenvalue weighted by Gasteiger charge is 2.36. The molecule has 0 saturated carbocycles. The molecule has 0 aromatic heterocycles. The van der Waals surface area contributed by atoms with Gasteiger partial charge in [-0.3, -0.25) is 0 Å². The van der Waals surface area contributed by atoms with Gasteiger partial charge in [0.25, 0.3) is 0 Å². The molecule has 4 rings (SSSR count). The molecular weight excluding hydrogens is 310 g/mol. The standard InChI is InChI=1S/C22H25NO2/c1-22-11-3-5-16-13-19(14-17(20(16)22)6-4-12-22)23(2)18-9-7-15(8-10-18)21(24)25/h7-10,13-14H,3-6,11-12H2,1-2H3,(H,24,25). The molecule has 0 atom stereocenters. The molecule has 0 fully saturated rings. The Morgan fingerprint density at radius 3 is 2.08 bits per heavy atom. The van der Waals surface area contributed by atoms with E-state index >= 15 is 0 Å². The zero-order valence-electron chi connectivity index (χ0n) is 15.0. The molecule has 0 heterocycles. The highest BCUT2D eigenvalue weighted by molar-refractivity contribution is 5.88. The van der Waals surface area contributed by atoms with E-state index < -0.39 is 5.97 Å². The van der Waals surface area contributed by atoms with Crippen LogP contribution in [-0.2, 0) is 18.3 Å². The van der Waals surface area contributed by atoms with Crippen LogP contribution in [0.3, 0.4) is 0 Å². The maximum Gasteiger partial charge on any atom is 0.335 e. The van der Waals surface area contributed by atoms with E-state index in [0.717, 1.165) is 5.69 Å². The summed E-state index contributed by atoms with van der Waals surface area (Å²) in [5.74, 6) is -0.883. The molecule has 25 heavy (non-hydrogen) atoms. The lowest BCUT2D eigenvalue weighted by molar-refractivity contribution is 0.0697. The van der Waals surface area contributed by atoms with Gasteiger partial charge in [0.1, 0.15) is 0 Å². The lowest BCUT2D eigenvalue weighted by atomic mass is 9.63. The van der Waals surface area contributed by atoms with E-state index in [0.29, 0.717) is 11.0 Å². The Morgan fingerprint density at radius 2 is 1.56 bits per heavy atom. The first-order valence-corrected chi connectivity index (χ1v) is 9.21. The van der Waals surface area contributed by atoms with Crippen molar-refractivity contribution in [3.05, 3.63) is 58.7 Å². The number of anilines is 2. The van der Waals surface area contributed by atoms with Gasteiger partial charge in [-0.15, -0.1) is 0 Å². The van der Waals surface area contributed by atoms with Crippen molar-refractivity contribution in [1.29, 1.82) is 0 Å². The minimum absolute atomic E-state index is 0.327. The number of hydrogen-bond donors (Lipinski definition) is 1. The van der Waals surface area contributed by atoms with Gasteiger partial charge in [0, 0.05) is 18.4 Å². The van der Waals surface area contributed by atoms with Crippen LogP contribution in [0.4, 0.5) is 11.4 Å². The van der Waals surface area contributed by atoms with Gasteiger partial charge in [-0.25, -0.2) is 4.79 Å². The molecule has 130 valence electrons. The van der Waals surface area contributed by atoms with E-state index in [4.69, 9.17) is 5.11 Å². The summed E-state index contributed by atoms with van der Waals surface area (Å²) in [7, 11) is 2.06. The largest absolute Gasteiger partial charge is 0.478 e. The molecule has 3 nitrogen and oxygen atoms in total. The molecular formula is C22H25NO2. The van der Waals surface area contributed by atoms with Crippen molar-refractivity contribution in [3.63, 3.8) is 0 Å². The first kappa shape index (κ1) is 16.2. The molecule has 0 bridgehead atoms. The number of carboxylic acids is 1. The molecule has 0 spiro atoms. The van der Waals surface area contributed by atoms with Crippen molar-refractivity contribution in [2.75, 3.05) is 11.9 Å². The van der Waals surface area contributed by atoms with Crippen molar-refractivity contribution in [1.82, 2.24) is 0 Å². The second-order valence-corrected chi connectivity index (χ2v) is 7.82. The zero-order chi connectivity index (χ0) is 17.6. The van der Waals surface area contributed by atoms with Crippen LogP contribution >= 0.6 is 0 Å². The highest BCUT2D eigenvalue weighted by atomic mass is 16.4. The lowest BCUT2D eigenvalue weighted by Crippen LogP contribution is -2.32. The van der Waals surface area contributed by atoms with E-state index in [1.54, 1.807) is 17.7 Å². The lowest BCUT2D eigenvalue weighted by Gasteiger charge is -2.42. The van der Waals surface area contributed by atoms with Gasteiger partial charge in [0.2, 0.25) is 0 Å². The third kappa shape index (κ3) is 2.72. The first-order chi connectivity index (χ1) is 12.0. The molecule has 2 aromatic carbocycles. The fourth-order valence-corrected chi connectivity index (χ4v) is 4.80. The summed E-state index contributed by atoms with van der Waals surface area (Å²) in [5.41, 5.74) is 7.61. The van der Waals surface area contributed by atoms with E-state index in [9.17, 15) is 4.79 Å². The molecule has 2 aromatic rings. The number of carboxylic acid groups (broad SMARTS) is 1. The van der Waals surface area contributed by atoms with Gasteiger partial charge in [-0.2, -0.15) is 0 Å². The normalized spacial score (nSPS) is 17.7. The van der Waals surface area contributed by atoms with Crippen LogP contribution in [0.2, 0.25) is 0 Å². The van der Waals surface area contributed by atoms with E-state index in [1.165, 1.54) is 55.3 Å². The Bertz CT molecular complexity index is 791. The predicted octanol–water partition coefficient (Wildman–Crippen LogP) is 5.08. The van der Waals surface area contributed by atoms with Crippen molar-refractivity contribution in [2.45, 2.75) is 50.9 Å². The summed E-state index contributed by atoms with van der Waals surface area (Å²) < 4.78 is 0. The number of hydrogen-bond acceptors (Lipinski definition) is 2. The maximum atomic E-state index is 11.0. The highest BCUT2D eigenvalue weighted by Crippen LogP contribution is 2.47. The first-order valence-electron chi connectivity index (χ1n) is 9.21. The van der Waals surface area contributed by atoms with Gasteiger partial charge in [0.05, 0.1) is 5.56 Å². The van der Waals surface area contributed by atoms with Crippen molar-refractivity contribution in [2.24, 2.45) is 0 Å². The molecule has 2 aliphatic rings. The van der Waals surface area contributed by atoms with Gasteiger partial charge in [0.15, 0.2) is 0 Å². The second kappa shape index (κ2) is 5.91. The summed E-state index contributed by atoms with van der Waals surface area (Å²) in [5, 5.41) is 9.07. The smallest absolute Gasteiger partial charge is 0.335 e. The van der Waals surface area contributed by atoms with Crippen molar-refractivity contribution < 1.29 is 9.90 Å². The maximum absolute atomic E-state index is 11.0. The quantitative estimate of drug-likeness (QED) is 0.850. The Kier molecular flexibility index (Phi) is 3.82. The summed E-state index contributed by atoms with van der Waals surface area (Å²) in [4.78, 5) is 13.2. The predicted molar refractivity (Wildman–Crippen MR) is 101 cm³/mol. The Balaban J connectivity index is 1.73. The third-order valence-corrected chi connectivity index (χ3v) is 6.13. The SMILES string of the molecule is CN(c1ccc(C(=O)O)cc1)c1cc2c3c(c1)CCCC3(C)CCC2. The number of aryl methyl sites for hydroxylation is 2. The molecule has 0 radical (unpaired) electrons. The molecule has 0 saturated heterocycles. The molecule has 1 N–H and O–H groups in total. The van der Waals surface area contributed by atoms with Crippen molar-refractivity contribution in [3.8, 4) is 0 Å². The van der Waals surface area contributed by atoms with Gasteiger partial charge < -0.3 is 10.0 Å². The summed E-state index contributed by atoms with van der Waals surface area (Å²) >= 11 is 0. The van der Waals surface area contributed by atoms with E-state index in [2.05, 4.69) is 31.0 Å². The summed E-state index contributed by atoms with van der Waals surface area (Å²) in [6.07, 6.45) is 7.56. The molecule has 0 unspecified atom stereocenters. The van der Waals surface area contributed by atoms with Crippen molar-refractivity contribution >= 4 is 17.3 Å². The average molecular weight is 335 g/mol. The number of nitrogens with zero attached hydrogens (tertiary/aromatic N) is 1. The Morgan fingerprint density at radius 1 is 1.00 bits per heavy atom. The minimum atomic E-state index is -0.883. The summed E-state index contributed by atoms with van der Waals surface area (Å²) in [6.45, 7) is 2.45. The minimum Gasteiger partial charge on any atom is -0.478 e. The third-order valence-electron chi connectivity index (χ3n) is 6.13. The second-order valence-electron chi connectivity index (χ2n) is 7.82. The number of rotatable bonds is 3. The molecule has 2 aliphatic carbocycles. The van der Waals surface area contributed by atoms with Crippen LogP contribution in [0, 0.1) is 0 Å². The van der Waals surface area contributed by atoms with Gasteiger partial charge >= 0.3 is 5.97 Å². The molecule has 0 amide bonds. The zero-order valence-corrected chi connectivity index (χ0v) is 15.0. The topological polar surface area (TPSA) is 40.5 Å².